The van der Waals surface area contributed by atoms with E-state index in [0.29, 0.717) is 12.5 Å². The van der Waals surface area contributed by atoms with Crippen molar-refractivity contribution in [3.63, 3.8) is 0 Å². The summed E-state index contributed by atoms with van der Waals surface area (Å²) < 4.78 is 0.0593. The topological polar surface area (TPSA) is 88.2 Å². The van der Waals surface area contributed by atoms with E-state index in [1.54, 1.807) is 13.8 Å². The standard InChI is InChI=1S/C21H24BrN3O2/c1-21(2,19(26)27)11-18(23)25(20(22)24)12-14-9-10-16(13-7-8-13)17-6-4-3-5-15(14)17/h3-6,9-10,13,23-24H,7-8,11-12H2,1-2H3,(H,26,27). The number of hydrogen-bond acceptors (Lipinski definition) is 3. The highest BCUT2D eigenvalue weighted by Gasteiger charge is 2.31. The molecule has 0 heterocycles. The zero-order valence-electron chi connectivity index (χ0n) is 15.6. The number of nitrogens with one attached hydrogen (secondary N) is 2. The van der Waals surface area contributed by atoms with Crippen LogP contribution >= 0.6 is 15.9 Å². The van der Waals surface area contributed by atoms with E-state index in [1.165, 1.54) is 28.7 Å². The number of benzene rings is 2. The monoisotopic (exact) mass is 429 g/mol. The lowest BCUT2D eigenvalue weighted by Gasteiger charge is -2.28. The fourth-order valence-electron chi connectivity index (χ4n) is 3.32. The van der Waals surface area contributed by atoms with Gasteiger partial charge < -0.3 is 10.0 Å². The molecule has 1 aliphatic carbocycles. The van der Waals surface area contributed by atoms with Gasteiger partial charge in [-0.25, -0.2) is 0 Å². The molecule has 0 saturated heterocycles. The quantitative estimate of drug-likeness (QED) is 0.329. The molecule has 0 spiro atoms. The van der Waals surface area contributed by atoms with Crippen molar-refractivity contribution in [3.8, 4) is 0 Å². The summed E-state index contributed by atoms with van der Waals surface area (Å²) in [6, 6.07) is 12.5. The molecule has 27 heavy (non-hydrogen) atoms. The van der Waals surface area contributed by atoms with Gasteiger partial charge in [0, 0.05) is 6.42 Å². The number of fused-ring (bicyclic) bond motifs is 1. The minimum atomic E-state index is -1.06. The van der Waals surface area contributed by atoms with E-state index in [2.05, 4.69) is 40.2 Å². The third kappa shape index (κ3) is 4.21. The van der Waals surface area contributed by atoms with Crippen LogP contribution in [0.4, 0.5) is 0 Å². The summed E-state index contributed by atoms with van der Waals surface area (Å²) in [7, 11) is 0. The van der Waals surface area contributed by atoms with Gasteiger partial charge in [0.05, 0.1) is 12.0 Å². The first-order valence-corrected chi connectivity index (χ1v) is 9.83. The van der Waals surface area contributed by atoms with Crippen molar-refractivity contribution in [1.82, 2.24) is 4.90 Å². The molecular weight excluding hydrogens is 406 g/mol. The summed E-state index contributed by atoms with van der Waals surface area (Å²) in [5, 5.41) is 28.1. The van der Waals surface area contributed by atoms with Crippen molar-refractivity contribution in [2.45, 2.75) is 45.6 Å². The molecule has 0 aliphatic heterocycles. The van der Waals surface area contributed by atoms with Gasteiger partial charge in [0.2, 0.25) is 0 Å². The summed E-state index contributed by atoms with van der Waals surface area (Å²) in [4.78, 5) is 12.9. The average Bonchev–Trinajstić information content (AvgIpc) is 3.43. The minimum Gasteiger partial charge on any atom is -0.481 e. The third-order valence-corrected chi connectivity index (χ3v) is 5.57. The minimum absolute atomic E-state index is 0.0500. The molecule has 0 amide bonds. The maximum atomic E-state index is 11.4. The first-order valence-electron chi connectivity index (χ1n) is 9.03. The van der Waals surface area contributed by atoms with Crippen LogP contribution in [0.1, 0.15) is 50.2 Å². The molecule has 1 aliphatic rings. The maximum Gasteiger partial charge on any atom is 0.309 e. The SMILES string of the molecule is CC(C)(CC(=N)N(Cc1ccc(C2CC2)c2ccccc12)C(=N)Br)C(=O)O. The van der Waals surface area contributed by atoms with Crippen LogP contribution in [0.25, 0.3) is 10.8 Å². The van der Waals surface area contributed by atoms with Crippen molar-refractivity contribution in [2.24, 2.45) is 5.41 Å². The number of amidine groups is 2. The molecule has 1 saturated carbocycles. The lowest BCUT2D eigenvalue weighted by Crippen LogP contribution is -2.37. The molecule has 0 bridgehead atoms. The Morgan fingerprint density at radius 3 is 2.37 bits per heavy atom. The normalized spacial score (nSPS) is 14.2. The number of hydrogen-bond donors (Lipinski definition) is 3. The van der Waals surface area contributed by atoms with Crippen molar-refractivity contribution in [2.75, 3.05) is 0 Å². The largest absolute Gasteiger partial charge is 0.481 e. The Morgan fingerprint density at radius 1 is 1.19 bits per heavy atom. The van der Waals surface area contributed by atoms with Crippen LogP contribution in [0.3, 0.4) is 0 Å². The number of carbonyl (C=O) groups is 1. The highest BCUT2D eigenvalue weighted by molar-refractivity contribution is 9.18. The van der Waals surface area contributed by atoms with Gasteiger partial charge in [0.25, 0.3) is 0 Å². The van der Waals surface area contributed by atoms with Crippen molar-refractivity contribution in [1.29, 1.82) is 10.8 Å². The maximum absolute atomic E-state index is 11.4. The van der Waals surface area contributed by atoms with Crippen molar-refractivity contribution in [3.05, 3.63) is 47.5 Å². The summed E-state index contributed by atoms with van der Waals surface area (Å²) in [6.07, 6.45) is 2.52. The summed E-state index contributed by atoms with van der Waals surface area (Å²) >= 11 is 3.18. The van der Waals surface area contributed by atoms with Crippen LogP contribution < -0.4 is 0 Å². The van der Waals surface area contributed by atoms with E-state index in [-0.39, 0.29) is 17.0 Å². The van der Waals surface area contributed by atoms with E-state index in [0.717, 1.165) is 10.9 Å². The number of rotatable bonds is 6. The lowest BCUT2D eigenvalue weighted by molar-refractivity contribution is -0.146. The van der Waals surface area contributed by atoms with Gasteiger partial charge in [0.1, 0.15) is 5.84 Å². The predicted octanol–water partition coefficient (Wildman–Crippen LogP) is 5.33. The molecule has 3 N–H and O–H groups in total. The number of carboxylic acid groups (broad SMARTS) is 1. The van der Waals surface area contributed by atoms with Crippen molar-refractivity contribution >= 4 is 43.3 Å². The number of carboxylic acids is 1. The molecule has 5 nitrogen and oxygen atoms in total. The Labute approximate surface area is 167 Å². The van der Waals surface area contributed by atoms with Crippen LogP contribution in [-0.4, -0.2) is 26.6 Å². The number of nitrogens with zero attached hydrogens (tertiary/aromatic N) is 1. The van der Waals surface area contributed by atoms with Gasteiger partial charge in [-0.1, -0.05) is 36.4 Å². The van der Waals surface area contributed by atoms with Gasteiger partial charge >= 0.3 is 5.97 Å². The van der Waals surface area contributed by atoms with Crippen LogP contribution in [-0.2, 0) is 11.3 Å². The predicted molar refractivity (Wildman–Crippen MR) is 112 cm³/mol. The Bertz CT molecular complexity index is 919. The third-order valence-electron chi connectivity index (χ3n) is 5.14. The molecule has 0 radical (unpaired) electrons. The molecule has 0 unspecified atom stereocenters. The van der Waals surface area contributed by atoms with Gasteiger partial charge in [0.15, 0.2) is 4.74 Å². The summed E-state index contributed by atoms with van der Waals surface area (Å²) in [6.45, 7) is 3.55. The molecule has 6 heteroatoms. The fraction of sp³-hybridized carbons (Fsp3) is 0.381. The van der Waals surface area contributed by atoms with Crippen LogP contribution in [0, 0.1) is 16.2 Å². The lowest BCUT2D eigenvalue weighted by atomic mass is 9.88. The molecule has 2 aromatic carbocycles. The Kier molecular flexibility index (Phi) is 5.38. The molecule has 0 aromatic heterocycles. The second-order valence-corrected chi connectivity index (χ2v) is 8.57. The van der Waals surface area contributed by atoms with E-state index in [1.807, 2.05) is 12.1 Å². The molecule has 2 aromatic rings. The number of halogens is 1. The zero-order chi connectivity index (χ0) is 19.8. The van der Waals surface area contributed by atoms with E-state index in [4.69, 9.17) is 10.8 Å². The van der Waals surface area contributed by atoms with E-state index >= 15 is 0 Å². The second kappa shape index (κ2) is 7.43. The van der Waals surface area contributed by atoms with Gasteiger partial charge in [-0.3, -0.25) is 15.6 Å². The molecule has 0 atom stereocenters. The molecule has 3 rings (SSSR count). The first kappa shape index (κ1) is 19.5. The van der Waals surface area contributed by atoms with Crippen LogP contribution in [0.5, 0.6) is 0 Å². The van der Waals surface area contributed by atoms with E-state index < -0.39 is 11.4 Å². The highest BCUT2D eigenvalue weighted by atomic mass is 79.9. The Hall–Kier alpha value is -2.21. The van der Waals surface area contributed by atoms with Gasteiger partial charge in [-0.05, 0) is 70.4 Å². The van der Waals surface area contributed by atoms with Gasteiger partial charge in [-0.2, -0.15) is 0 Å². The average molecular weight is 430 g/mol. The molecule has 1 fully saturated rings. The van der Waals surface area contributed by atoms with Crippen LogP contribution in [0.2, 0.25) is 0 Å². The smallest absolute Gasteiger partial charge is 0.309 e. The van der Waals surface area contributed by atoms with E-state index in [9.17, 15) is 9.90 Å². The first-order chi connectivity index (χ1) is 12.7. The number of aliphatic carboxylic acids is 1. The van der Waals surface area contributed by atoms with Crippen LogP contribution in [0.15, 0.2) is 36.4 Å². The van der Waals surface area contributed by atoms with Gasteiger partial charge in [-0.15, -0.1) is 0 Å². The summed E-state index contributed by atoms with van der Waals surface area (Å²) in [5.41, 5.74) is 1.34. The van der Waals surface area contributed by atoms with Crippen molar-refractivity contribution < 1.29 is 9.90 Å². The second-order valence-electron chi connectivity index (χ2n) is 7.82. The Balaban J connectivity index is 1.91. The zero-order valence-corrected chi connectivity index (χ0v) is 17.1. The Morgan fingerprint density at radius 2 is 1.81 bits per heavy atom. The molecule has 142 valence electrons. The fourth-order valence-corrected chi connectivity index (χ4v) is 3.66. The molecular formula is C21H24BrN3O2. The summed E-state index contributed by atoms with van der Waals surface area (Å²) in [5.74, 6) is -0.198. The highest BCUT2D eigenvalue weighted by Crippen LogP contribution is 2.43.